The third-order valence-corrected chi connectivity index (χ3v) is 6.14. The lowest BCUT2D eigenvalue weighted by Crippen LogP contribution is -2.51. The zero-order valence-corrected chi connectivity index (χ0v) is 16.5. The van der Waals surface area contributed by atoms with Gasteiger partial charge in [-0.1, -0.05) is 48.5 Å². The standard InChI is InChI=1S/C23H32N4/c1-24-12-13-26(20-23(24)21-8-4-2-5-9-21)15-14-25-16-18-27(19-17-25)22-10-6-3-7-11-22/h2-11,23H,12-20H2,1H3/t23-/m0/s1. The molecule has 0 radical (unpaired) electrons. The van der Waals surface area contributed by atoms with Gasteiger partial charge in [0, 0.05) is 70.6 Å². The number of benzene rings is 2. The molecule has 0 spiro atoms. The van der Waals surface area contributed by atoms with Crippen molar-refractivity contribution >= 4 is 5.69 Å². The fraction of sp³-hybridized carbons (Fsp3) is 0.478. The maximum Gasteiger partial charge on any atom is 0.0472 e. The highest BCUT2D eigenvalue weighted by molar-refractivity contribution is 5.46. The summed E-state index contributed by atoms with van der Waals surface area (Å²) < 4.78 is 0. The number of likely N-dealkylation sites (N-methyl/N-ethyl adjacent to an activating group) is 1. The molecule has 2 fully saturated rings. The number of nitrogens with zero attached hydrogens (tertiary/aromatic N) is 4. The summed E-state index contributed by atoms with van der Waals surface area (Å²) in [7, 11) is 2.26. The maximum absolute atomic E-state index is 2.65. The molecule has 4 nitrogen and oxygen atoms in total. The quantitative estimate of drug-likeness (QED) is 0.809. The largest absolute Gasteiger partial charge is 0.369 e. The van der Waals surface area contributed by atoms with Crippen LogP contribution < -0.4 is 4.90 Å². The SMILES string of the molecule is CN1CCN(CCN2CCN(c3ccccc3)CC2)C[C@H]1c1ccccc1. The first kappa shape index (κ1) is 18.5. The Labute approximate surface area is 164 Å². The van der Waals surface area contributed by atoms with E-state index in [1.54, 1.807) is 0 Å². The smallest absolute Gasteiger partial charge is 0.0472 e. The highest BCUT2D eigenvalue weighted by Crippen LogP contribution is 2.23. The van der Waals surface area contributed by atoms with Gasteiger partial charge in [0.1, 0.15) is 0 Å². The molecule has 2 aliphatic heterocycles. The average molecular weight is 365 g/mol. The van der Waals surface area contributed by atoms with Crippen molar-refractivity contribution in [2.45, 2.75) is 6.04 Å². The van der Waals surface area contributed by atoms with Crippen molar-refractivity contribution < 1.29 is 0 Å². The molecule has 1 atom stereocenters. The van der Waals surface area contributed by atoms with Gasteiger partial charge in [-0.15, -0.1) is 0 Å². The van der Waals surface area contributed by atoms with E-state index in [1.165, 1.54) is 44.0 Å². The van der Waals surface area contributed by atoms with Crippen LogP contribution in [0.1, 0.15) is 11.6 Å². The zero-order chi connectivity index (χ0) is 18.5. The molecule has 27 heavy (non-hydrogen) atoms. The van der Waals surface area contributed by atoms with E-state index >= 15 is 0 Å². The van der Waals surface area contributed by atoms with Crippen molar-refractivity contribution in [3.63, 3.8) is 0 Å². The molecule has 0 aliphatic carbocycles. The second-order valence-corrected chi connectivity index (χ2v) is 7.87. The van der Waals surface area contributed by atoms with Crippen LogP contribution >= 0.6 is 0 Å². The van der Waals surface area contributed by atoms with E-state index in [-0.39, 0.29) is 0 Å². The molecule has 2 heterocycles. The minimum absolute atomic E-state index is 0.523. The Balaban J connectivity index is 1.25. The minimum Gasteiger partial charge on any atom is -0.369 e. The van der Waals surface area contributed by atoms with E-state index < -0.39 is 0 Å². The Morgan fingerprint density at radius 2 is 1.30 bits per heavy atom. The minimum atomic E-state index is 0.523. The van der Waals surface area contributed by atoms with Gasteiger partial charge < -0.3 is 4.90 Å². The molecule has 0 saturated carbocycles. The second kappa shape index (κ2) is 8.87. The van der Waals surface area contributed by atoms with Crippen LogP contribution in [0.15, 0.2) is 60.7 Å². The molecule has 2 saturated heterocycles. The summed E-state index contributed by atoms with van der Waals surface area (Å²) in [6.45, 7) is 10.5. The molecule has 2 aromatic carbocycles. The summed E-state index contributed by atoms with van der Waals surface area (Å²) in [5.41, 5.74) is 2.81. The first-order valence-electron chi connectivity index (χ1n) is 10.3. The predicted molar refractivity (Wildman–Crippen MR) is 113 cm³/mol. The third kappa shape index (κ3) is 4.70. The lowest BCUT2D eigenvalue weighted by molar-refractivity contribution is 0.0851. The van der Waals surface area contributed by atoms with E-state index in [9.17, 15) is 0 Å². The number of piperazine rings is 2. The number of para-hydroxylation sites is 1. The molecule has 2 aromatic rings. The molecule has 0 unspecified atom stereocenters. The molecule has 2 aliphatic rings. The molecule has 0 aromatic heterocycles. The van der Waals surface area contributed by atoms with E-state index in [2.05, 4.69) is 87.3 Å². The van der Waals surface area contributed by atoms with Crippen molar-refractivity contribution in [1.29, 1.82) is 0 Å². The molecule has 0 N–H and O–H groups in total. The molecular formula is C23H32N4. The fourth-order valence-corrected chi connectivity index (χ4v) is 4.32. The van der Waals surface area contributed by atoms with Crippen molar-refractivity contribution in [1.82, 2.24) is 14.7 Å². The van der Waals surface area contributed by atoms with Crippen LogP contribution in [0.2, 0.25) is 0 Å². The van der Waals surface area contributed by atoms with Crippen LogP contribution in [0, 0.1) is 0 Å². The van der Waals surface area contributed by atoms with E-state index in [0.717, 1.165) is 26.2 Å². The van der Waals surface area contributed by atoms with Crippen molar-refractivity contribution in [2.75, 3.05) is 70.9 Å². The first-order chi connectivity index (χ1) is 13.3. The Bertz CT molecular complexity index is 682. The van der Waals surface area contributed by atoms with E-state index in [1.807, 2.05) is 0 Å². The van der Waals surface area contributed by atoms with E-state index in [4.69, 9.17) is 0 Å². The second-order valence-electron chi connectivity index (χ2n) is 7.87. The number of rotatable bonds is 5. The van der Waals surface area contributed by atoms with Crippen molar-refractivity contribution in [3.8, 4) is 0 Å². The highest BCUT2D eigenvalue weighted by atomic mass is 15.3. The molecule has 4 heteroatoms. The van der Waals surface area contributed by atoms with Crippen LogP contribution in [0.3, 0.4) is 0 Å². The first-order valence-corrected chi connectivity index (χ1v) is 10.3. The molecule has 0 amide bonds. The Kier molecular flexibility index (Phi) is 6.07. The van der Waals surface area contributed by atoms with E-state index in [0.29, 0.717) is 6.04 Å². The fourth-order valence-electron chi connectivity index (χ4n) is 4.32. The van der Waals surface area contributed by atoms with Crippen LogP contribution in [-0.2, 0) is 0 Å². The average Bonchev–Trinajstić information content (AvgIpc) is 2.75. The summed E-state index contributed by atoms with van der Waals surface area (Å²) >= 11 is 0. The topological polar surface area (TPSA) is 13.0 Å². The molecule has 0 bridgehead atoms. The van der Waals surface area contributed by atoms with Gasteiger partial charge in [-0.3, -0.25) is 14.7 Å². The highest BCUT2D eigenvalue weighted by Gasteiger charge is 2.26. The summed E-state index contributed by atoms with van der Waals surface area (Å²) in [6, 6.07) is 22.3. The molecular weight excluding hydrogens is 332 g/mol. The maximum atomic E-state index is 2.65. The van der Waals surface area contributed by atoms with Gasteiger partial charge in [-0.05, 0) is 24.7 Å². The van der Waals surface area contributed by atoms with Gasteiger partial charge >= 0.3 is 0 Å². The molecule has 4 rings (SSSR count). The van der Waals surface area contributed by atoms with Gasteiger partial charge in [-0.25, -0.2) is 0 Å². The van der Waals surface area contributed by atoms with Crippen molar-refractivity contribution in [2.24, 2.45) is 0 Å². The number of hydrogen-bond acceptors (Lipinski definition) is 4. The molecule has 144 valence electrons. The number of anilines is 1. The van der Waals surface area contributed by atoms with Gasteiger partial charge in [0.2, 0.25) is 0 Å². The van der Waals surface area contributed by atoms with Crippen LogP contribution in [0.4, 0.5) is 5.69 Å². The normalized spacial score (nSPS) is 22.9. The van der Waals surface area contributed by atoms with Crippen LogP contribution in [0.25, 0.3) is 0 Å². The van der Waals surface area contributed by atoms with Gasteiger partial charge in [0.15, 0.2) is 0 Å². The Morgan fingerprint density at radius 1 is 0.704 bits per heavy atom. The lowest BCUT2D eigenvalue weighted by Gasteiger charge is -2.41. The Morgan fingerprint density at radius 3 is 2.00 bits per heavy atom. The predicted octanol–water partition coefficient (Wildman–Crippen LogP) is 2.80. The Hall–Kier alpha value is -1.88. The van der Waals surface area contributed by atoms with Gasteiger partial charge in [0.05, 0.1) is 0 Å². The zero-order valence-electron chi connectivity index (χ0n) is 16.5. The summed E-state index contributed by atoms with van der Waals surface area (Å²) in [6.07, 6.45) is 0. The monoisotopic (exact) mass is 364 g/mol. The van der Waals surface area contributed by atoms with Crippen LogP contribution in [-0.4, -0.2) is 80.7 Å². The summed E-state index contributed by atoms with van der Waals surface area (Å²) in [5, 5.41) is 0. The number of hydrogen-bond donors (Lipinski definition) is 0. The summed E-state index contributed by atoms with van der Waals surface area (Å²) in [4.78, 5) is 10.3. The third-order valence-electron chi connectivity index (χ3n) is 6.14. The van der Waals surface area contributed by atoms with Crippen molar-refractivity contribution in [3.05, 3.63) is 66.2 Å². The lowest BCUT2D eigenvalue weighted by atomic mass is 10.0. The van der Waals surface area contributed by atoms with Gasteiger partial charge in [-0.2, -0.15) is 0 Å². The van der Waals surface area contributed by atoms with Crippen LogP contribution in [0.5, 0.6) is 0 Å². The van der Waals surface area contributed by atoms with Gasteiger partial charge in [0.25, 0.3) is 0 Å². The summed E-state index contributed by atoms with van der Waals surface area (Å²) in [5.74, 6) is 0.